The molecule has 0 fully saturated rings. The summed E-state index contributed by atoms with van der Waals surface area (Å²) in [5, 5.41) is 3.21. The number of hydrogen-bond acceptors (Lipinski definition) is 4. The minimum absolute atomic E-state index is 0.843. The molecule has 0 unspecified atom stereocenters. The summed E-state index contributed by atoms with van der Waals surface area (Å²) in [4.78, 5) is 7.35. The van der Waals surface area contributed by atoms with E-state index in [0.717, 1.165) is 70.9 Å². The molecule has 3 nitrogen and oxygen atoms in total. The molecule has 0 atom stereocenters. The van der Waals surface area contributed by atoms with Crippen LogP contribution in [0.1, 0.15) is 0 Å². The van der Waals surface area contributed by atoms with E-state index in [1.165, 1.54) is 22.3 Å². The van der Waals surface area contributed by atoms with Gasteiger partial charge in [-0.1, -0.05) is 146 Å². The van der Waals surface area contributed by atoms with E-state index in [1.54, 1.807) is 11.3 Å². The molecule has 0 radical (unpaired) electrons. The monoisotopic (exact) mass is 696 g/mol. The van der Waals surface area contributed by atoms with Gasteiger partial charge in [0.2, 0.25) is 0 Å². The zero-order chi connectivity index (χ0) is 35.1. The highest BCUT2D eigenvalue weighted by Gasteiger charge is 2.21. The number of hydrogen-bond donors (Lipinski definition) is 0. The van der Waals surface area contributed by atoms with Crippen molar-refractivity contribution < 1.29 is 4.42 Å². The lowest BCUT2D eigenvalue weighted by Gasteiger charge is -2.28. The van der Waals surface area contributed by atoms with Crippen LogP contribution in [0.25, 0.3) is 76.1 Å². The molecule has 10 aromatic rings. The van der Waals surface area contributed by atoms with Gasteiger partial charge in [0, 0.05) is 39.3 Å². The lowest BCUT2D eigenvalue weighted by Crippen LogP contribution is -2.11. The van der Waals surface area contributed by atoms with Gasteiger partial charge in [-0.25, -0.2) is 4.98 Å². The first-order valence-corrected chi connectivity index (χ1v) is 18.6. The molecule has 0 amide bonds. The molecule has 2 heterocycles. The maximum atomic E-state index is 6.64. The van der Waals surface area contributed by atoms with Crippen LogP contribution in [0.3, 0.4) is 0 Å². The average Bonchev–Trinajstić information content (AvgIpc) is 3.84. The number of benzene rings is 8. The average molecular weight is 697 g/mol. The van der Waals surface area contributed by atoms with Crippen molar-refractivity contribution in [1.82, 2.24) is 4.98 Å². The van der Waals surface area contributed by atoms with Crippen molar-refractivity contribution >= 4 is 60.6 Å². The fraction of sp³-hybridized carbons (Fsp3) is 0. The topological polar surface area (TPSA) is 29.3 Å². The summed E-state index contributed by atoms with van der Waals surface area (Å²) in [5.41, 5.74) is 14.0. The van der Waals surface area contributed by atoms with Crippen LogP contribution < -0.4 is 4.90 Å². The SMILES string of the molecule is c1ccc(-c2ccc(-c3ccccc3N(c3ccc(-c4ccccc4)cc3)c3ccc4c(c3)oc3ccc5nc(-c6ccccc6)sc5c34)cc2)cc1. The van der Waals surface area contributed by atoms with Gasteiger partial charge in [0.15, 0.2) is 0 Å². The molecule has 0 aliphatic heterocycles. The minimum atomic E-state index is 0.843. The maximum Gasteiger partial charge on any atom is 0.137 e. The highest BCUT2D eigenvalue weighted by molar-refractivity contribution is 7.22. The van der Waals surface area contributed by atoms with Gasteiger partial charge >= 0.3 is 0 Å². The van der Waals surface area contributed by atoms with Gasteiger partial charge in [-0.05, 0) is 70.3 Å². The van der Waals surface area contributed by atoms with Crippen molar-refractivity contribution in [3.8, 4) is 44.0 Å². The van der Waals surface area contributed by atoms with E-state index < -0.39 is 0 Å². The highest BCUT2D eigenvalue weighted by atomic mass is 32.1. The predicted octanol–water partition coefficient (Wildman–Crippen LogP) is 14.3. The van der Waals surface area contributed by atoms with E-state index in [-0.39, 0.29) is 0 Å². The number of thiazole rings is 1. The first kappa shape index (κ1) is 31.0. The zero-order valence-corrected chi connectivity index (χ0v) is 29.5. The Balaban J connectivity index is 1.12. The summed E-state index contributed by atoms with van der Waals surface area (Å²) < 4.78 is 7.78. The summed E-state index contributed by atoms with van der Waals surface area (Å²) in [6.45, 7) is 0. The number of nitrogens with zero attached hydrogens (tertiary/aromatic N) is 2. The molecule has 2 aromatic heterocycles. The second-order valence-corrected chi connectivity index (χ2v) is 14.2. The molecule has 0 aliphatic carbocycles. The van der Waals surface area contributed by atoms with Crippen molar-refractivity contribution in [3.63, 3.8) is 0 Å². The normalized spacial score (nSPS) is 11.4. The Bertz CT molecular complexity index is 2860. The maximum absolute atomic E-state index is 6.64. The smallest absolute Gasteiger partial charge is 0.137 e. The van der Waals surface area contributed by atoms with Crippen LogP contribution in [0.4, 0.5) is 17.1 Å². The predicted molar refractivity (Wildman–Crippen MR) is 223 cm³/mol. The molecule has 250 valence electrons. The molecule has 53 heavy (non-hydrogen) atoms. The van der Waals surface area contributed by atoms with Crippen molar-refractivity contribution in [2.75, 3.05) is 4.90 Å². The minimum Gasteiger partial charge on any atom is -0.456 e. The molecular weight excluding hydrogens is 665 g/mol. The molecule has 0 spiro atoms. The second kappa shape index (κ2) is 13.1. The number of anilines is 3. The molecular formula is C49H32N2OS. The third-order valence-electron chi connectivity index (χ3n) is 9.93. The largest absolute Gasteiger partial charge is 0.456 e. The number of rotatable bonds is 7. The molecule has 0 N–H and O–H groups in total. The number of aromatic nitrogens is 1. The molecule has 0 saturated carbocycles. The van der Waals surface area contributed by atoms with Gasteiger partial charge in [0.25, 0.3) is 0 Å². The summed E-state index contributed by atoms with van der Waals surface area (Å²) in [6.07, 6.45) is 0. The van der Waals surface area contributed by atoms with E-state index in [4.69, 9.17) is 9.40 Å². The summed E-state index contributed by atoms with van der Waals surface area (Å²) >= 11 is 1.72. The van der Waals surface area contributed by atoms with Gasteiger partial charge in [0.1, 0.15) is 16.2 Å². The lowest BCUT2D eigenvalue weighted by molar-refractivity contribution is 0.669. The van der Waals surface area contributed by atoms with Crippen LogP contribution in [0, 0.1) is 0 Å². The van der Waals surface area contributed by atoms with Crippen LogP contribution in [0.2, 0.25) is 0 Å². The first-order chi connectivity index (χ1) is 26.3. The van der Waals surface area contributed by atoms with Gasteiger partial charge in [-0.3, -0.25) is 0 Å². The van der Waals surface area contributed by atoms with Crippen LogP contribution in [0.5, 0.6) is 0 Å². The Morgan fingerprint density at radius 3 is 1.66 bits per heavy atom. The van der Waals surface area contributed by atoms with Gasteiger partial charge in [-0.15, -0.1) is 11.3 Å². The fourth-order valence-corrected chi connectivity index (χ4v) is 8.45. The Kier molecular flexibility index (Phi) is 7.67. The molecule has 0 aliphatic rings. The molecule has 4 heteroatoms. The third kappa shape index (κ3) is 5.66. The van der Waals surface area contributed by atoms with Gasteiger partial charge in [-0.2, -0.15) is 0 Å². The Hall–Kier alpha value is -6.75. The molecule has 0 saturated heterocycles. The standard InChI is InChI=1S/C49H32N2OS/c1-4-12-33(13-5-1)35-20-22-37(23-21-35)41-18-10-11-19-44(41)51(39-26-24-36(25-27-39)34-14-6-2-7-15-34)40-28-29-42-46(32-40)52-45-31-30-43-48(47(42)45)53-49(50-43)38-16-8-3-9-17-38/h1-32H. The van der Waals surface area contributed by atoms with Crippen molar-refractivity contribution in [2.45, 2.75) is 0 Å². The van der Waals surface area contributed by atoms with Crippen molar-refractivity contribution in [3.05, 3.63) is 194 Å². The van der Waals surface area contributed by atoms with E-state index >= 15 is 0 Å². The van der Waals surface area contributed by atoms with E-state index in [0.29, 0.717) is 0 Å². The lowest BCUT2D eigenvalue weighted by atomic mass is 9.98. The number of fused-ring (bicyclic) bond motifs is 5. The van der Waals surface area contributed by atoms with Crippen LogP contribution >= 0.6 is 11.3 Å². The van der Waals surface area contributed by atoms with Crippen molar-refractivity contribution in [2.24, 2.45) is 0 Å². The summed E-state index contributed by atoms with van der Waals surface area (Å²) in [5.74, 6) is 0. The highest BCUT2D eigenvalue weighted by Crippen LogP contribution is 2.45. The van der Waals surface area contributed by atoms with Crippen molar-refractivity contribution in [1.29, 1.82) is 0 Å². The Morgan fingerprint density at radius 1 is 0.434 bits per heavy atom. The van der Waals surface area contributed by atoms with E-state index in [2.05, 4.69) is 193 Å². The zero-order valence-electron chi connectivity index (χ0n) is 28.7. The molecule has 10 rings (SSSR count). The number of para-hydroxylation sites is 1. The third-order valence-corrected chi connectivity index (χ3v) is 11.1. The number of furan rings is 1. The Morgan fingerprint density at radius 2 is 0.981 bits per heavy atom. The van der Waals surface area contributed by atoms with E-state index in [9.17, 15) is 0 Å². The Labute approximate surface area is 311 Å². The molecule has 8 aromatic carbocycles. The molecule has 0 bridgehead atoms. The summed E-state index contributed by atoms with van der Waals surface area (Å²) in [6, 6.07) is 68.6. The van der Waals surface area contributed by atoms with E-state index in [1.807, 2.05) is 6.07 Å². The fourth-order valence-electron chi connectivity index (χ4n) is 7.32. The van der Waals surface area contributed by atoms with Crippen LogP contribution in [-0.2, 0) is 0 Å². The quantitative estimate of drug-likeness (QED) is 0.166. The van der Waals surface area contributed by atoms with Crippen LogP contribution in [0.15, 0.2) is 199 Å². The van der Waals surface area contributed by atoms with Gasteiger partial charge in [0.05, 0.1) is 15.9 Å². The second-order valence-electron chi connectivity index (χ2n) is 13.2. The first-order valence-electron chi connectivity index (χ1n) is 17.8. The van der Waals surface area contributed by atoms with Crippen LogP contribution in [-0.4, -0.2) is 4.98 Å². The van der Waals surface area contributed by atoms with Gasteiger partial charge < -0.3 is 9.32 Å². The summed E-state index contributed by atoms with van der Waals surface area (Å²) in [7, 11) is 0.